The van der Waals surface area contributed by atoms with Crippen molar-refractivity contribution in [3.05, 3.63) is 35.6 Å². The fraction of sp³-hybridized carbons (Fsp3) is 0.588. The molecule has 2 rings (SSSR count). The minimum absolute atomic E-state index is 0.0559. The average Bonchev–Trinajstić information content (AvgIpc) is 2.44. The molecule has 1 N–H and O–H groups in total. The van der Waals surface area contributed by atoms with Crippen molar-refractivity contribution < 1.29 is 13.9 Å². The molecule has 0 spiro atoms. The highest BCUT2D eigenvalue weighted by atomic mass is 19.1. The molecule has 1 fully saturated rings. The Labute approximate surface area is 131 Å². The maximum Gasteiger partial charge on any atom is 0.234 e. The van der Waals surface area contributed by atoms with Gasteiger partial charge in [0.15, 0.2) is 0 Å². The Hall–Kier alpha value is -1.46. The topological polar surface area (TPSA) is 41.6 Å². The first-order chi connectivity index (χ1) is 10.5. The zero-order valence-electron chi connectivity index (χ0n) is 13.3. The molecule has 1 heterocycles. The van der Waals surface area contributed by atoms with Gasteiger partial charge < -0.3 is 10.1 Å². The zero-order chi connectivity index (χ0) is 15.9. The van der Waals surface area contributed by atoms with Crippen LogP contribution in [0.3, 0.4) is 0 Å². The standard InChI is InChI=1S/C17H25FN2O2/c1-13-10-20(11-14(2)22-13)12-17(21)19-9-3-4-15-5-7-16(18)8-6-15/h5-8,13-14H,3-4,9-12H2,1-2H3,(H,19,21). The minimum Gasteiger partial charge on any atom is -0.373 e. The number of nitrogens with zero attached hydrogens (tertiary/aromatic N) is 1. The summed E-state index contributed by atoms with van der Waals surface area (Å²) in [6, 6.07) is 6.50. The highest BCUT2D eigenvalue weighted by molar-refractivity contribution is 5.78. The van der Waals surface area contributed by atoms with Gasteiger partial charge in [0.1, 0.15) is 5.82 Å². The SMILES string of the molecule is CC1CN(CC(=O)NCCCc2ccc(F)cc2)CC(C)O1. The van der Waals surface area contributed by atoms with E-state index >= 15 is 0 Å². The van der Waals surface area contributed by atoms with Crippen molar-refractivity contribution in [3.63, 3.8) is 0 Å². The van der Waals surface area contributed by atoms with E-state index in [1.54, 1.807) is 12.1 Å². The van der Waals surface area contributed by atoms with E-state index in [2.05, 4.69) is 10.2 Å². The lowest BCUT2D eigenvalue weighted by Crippen LogP contribution is -2.49. The average molecular weight is 308 g/mol. The lowest BCUT2D eigenvalue weighted by Gasteiger charge is -2.34. The van der Waals surface area contributed by atoms with Gasteiger partial charge in [0.2, 0.25) is 5.91 Å². The molecular formula is C17H25FN2O2. The molecule has 2 atom stereocenters. The van der Waals surface area contributed by atoms with Crippen LogP contribution < -0.4 is 5.32 Å². The quantitative estimate of drug-likeness (QED) is 0.817. The monoisotopic (exact) mass is 308 g/mol. The summed E-state index contributed by atoms with van der Waals surface area (Å²) in [5.41, 5.74) is 1.09. The van der Waals surface area contributed by atoms with Gasteiger partial charge in [-0.25, -0.2) is 4.39 Å². The molecule has 5 heteroatoms. The number of amides is 1. The Morgan fingerprint density at radius 1 is 1.27 bits per heavy atom. The van der Waals surface area contributed by atoms with Crippen molar-refractivity contribution in [2.24, 2.45) is 0 Å². The summed E-state index contributed by atoms with van der Waals surface area (Å²) < 4.78 is 18.4. The second-order valence-electron chi connectivity index (χ2n) is 6.03. The maximum atomic E-state index is 12.8. The molecule has 1 amide bonds. The van der Waals surface area contributed by atoms with Gasteiger partial charge in [-0.05, 0) is 44.4 Å². The van der Waals surface area contributed by atoms with E-state index in [4.69, 9.17) is 4.74 Å². The van der Waals surface area contributed by atoms with E-state index < -0.39 is 0 Å². The number of carbonyl (C=O) groups excluding carboxylic acids is 1. The zero-order valence-corrected chi connectivity index (χ0v) is 13.3. The van der Waals surface area contributed by atoms with E-state index in [1.807, 2.05) is 13.8 Å². The van der Waals surface area contributed by atoms with Crippen molar-refractivity contribution in [2.75, 3.05) is 26.2 Å². The smallest absolute Gasteiger partial charge is 0.234 e. The number of nitrogens with one attached hydrogen (secondary N) is 1. The summed E-state index contributed by atoms with van der Waals surface area (Å²) in [6.07, 6.45) is 2.05. The number of morpholine rings is 1. The number of rotatable bonds is 6. The fourth-order valence-electron chi connectivity index (χ4n) is 2.84. The third kappa shape index (κ3) is 5.73. The van der Waals surface area contributed by atoms with Crippen molar-refractivity contribution in [2.45, 2.75) is 38.9 Å². The number of hydrogen-bond donors (Lipinski definition) is 1. The van der Waals surface area contributed by atoms with Crippen LogP contribution in [0.15, 0.2) is 24.3 Å². The van der Waals surface area contributed by atoms with Gasteiger partial charge in [0.25, 0.3) is 0 Å². The molecule has 1 aliphatic rings. The summed E-state index contributed by atoms with van der Waals surface area (Å²) in [7, 11) is 0. The molecule has 2 unspecified atom stereocenters. The van der Waals surface area contributed by atoms with Gasteiger partial charge in [-0.2, -0.15) is 0 Å². The van der Waals surface area contributed by atoms with Crippen molar-refractivity contribution >= 4 is 5.91 Å². The van der Waals surface area contributed by atoms with Crippen LogP contribution in [0.4, 0.5) is 4.39 Å². The van der Waals surface area contributed by atoms with Crippen LogP contribution in [0.5, 0.6) is 0 Å². The third-order valence-corrected chi connectivity index (χ3v) is 3.74. The molecule has 122 valence electrons. The number of carbonyl (C=O) groups is 1. The van der Waals surface area contributed by atoms with Gasteiger partial charge in [0.05, 0.1) is 18.8 Å². The fourth-order valence-corrected chi connectivity index (χ4v) is 2.84. The van der Waals surface area contributed by atoms with E-state index in [0.717, 1.165) is 31.5 Å². The van der Waals surface area contributed by atoms with E-state index in [-0.39, 0.29) is 23.9 Å². The number of benzene rings is 1. The molecule has 0 aliphatic carbocycles. The first-order valence-electron chi connectivity index (χ1n) is 7.92. The molecule has 1 saturated heterocycles. The predicted molar refractivity (Wildman–Crippen MR) is 84.2 cm³/mol. The van der Waals surface area contributed by atoms with Crippen LogP contribution in [0.25, 0.3) is 0 Å². The van der Waals surface area contributed by atoms with Crippen LogP contribution in [0.2, 0.25) is 0 Å². The summed E-state index contributed by atoms with van der Waals surface area (Å²) in [6.45, 7) is 6.73. The molecule has 1 aromatic carbocycles. The summed E-state index contributed by atoms with van der Waals surface area (Å²) in [5, 5.41) is 2.95. The second kappa shape index (κ2) is 8.25. The van der Waals surface area contributed by atoms with Crippen molar-refractivity contribution in [3.8, 4) is 0 Å². The Morgan fingerprint density at radius 2 is 1.91 bits per heavy atom. The molecule has 0 saturated carbocycles. The van der Waals surface area contributed by atoms with E-state index in [0.29, 0.717) is 13.1 Å². The van der Waals surface area contributed by atoms with Gasteiger partial charge in [-0.3, -0.25) is 9.69 Å². The van der Waals surface area contributed by atoms with E-state index in [9.17, 15) is 9.18 Å². The number of ether oxygens (including phenoxy) is 1. The first kappa shape index (κ1) is 16.9. The number of halogens is 1. The summed E-state index contributed by atoms with van der Waals surface area (Å²) in [5.74, 6) is -0.161. The lowest BCUT2D eigenvalue weighted by atomic mass is 10.1. The normalized spacial score (nSPS) is 22.5. The van der Waals surface area contributed by atoms with Crippen LogP contribution in [0, 0.1) is 5.82 Å². The third-order valence-electron chi connectivity index (χ3n) is 3.74. The van der Waals surface area contributed by atoms with Crippen LogP contribution in [0.1, 0.15) is 25.8 Å². The Bertz CT molecular complexity index is 468. The molecule has 4 nitrogen and oxygen atoms in total. The molecular weight excluding hydrogens is 283 g/mol. The van der Waals surface area contributed by atoms with Gasteiger partial charge >= 0.3 is 0 Å². The maximum absolute atomic E-state index is 12.8. The summed E-state index contributed by atoms with van der Waals surface area (Å²) in [4.78, 5) is 14.1. The lowest BCUT2D eigenvalue weighted by molar-refractivity contribution is -0.125. The highest BCUT2D eigenvalue weighted by Crippen LogP contribution is 2.10. The van der Waals surface area contributed by atoms with Crippen LogP contribution in [-0.4, -0.2) is 49.2 Å². The van der Waals surface area contributed by atoms with Crippen LogP contribution >= 0.6 is 0 Å². The summed E-state index contributed by atoms with van der Waals surface area (Å²) >= 11 is 0. The Morgan fingerprint density at radius 3 is 2.55 bits per heavy atom. The highest BCUT2D eigenvalue weighted by Gasteiger charge is 2.23. The van der Waals surface area contributed by atoms with E-state index in [1.165, 1.54) is 12.1 Å². The van der Waals surface area contributed by atoms with Gasteiger partial charge in [0, 0.05) is 19.6 Å². The predicted octanol–water partition coefficient (Wildman–Crippen LogP) is 1.98. The first-order valence-corrected chi connectivity index (χ1v) is 7.92. The largest absolute Gasteiger partial charge is 0.373 e. The van der Waals surface area contributed by atoms with Gasteiger partial charge in [-0.1, -0.05) is 12.1 Å². The number of aryl methyl sites for hydroxylation is 1. The number of hydrogen-bond acceptors (Lipinski definition) is 3. The molecule has 22 heavy (non-hydrogen) atoms. The molecule has 1 aromatic rings. The van der Waals surface area contributed by atoms with Crippen molar-refractivity contribution in [1.82, 2.24) is 10.2 Å². The van der Waals surface area contributed by atoms with Crippen LogP contribution in [-0.2, 0) is 16.0 Å². The Kier molecular flexibility index (Phi) is 6.34. The van der Waals surface area contributed by atoms with Gasteiger partial charge in [-0.15, -0.1) is 0 Å². The molecule has 0 bridgehead atoms. The second-order valence-corrected chi connectivity index (χ2v) is 6.03. The Balaban J connectivity index is 1.62. The van der Waals surface area contributed by atoms with Crippen molar-refractivity contribution in [1.29, 1.82) is 0 Å². The molecule has 0 radical (unpaired) electrons. The molecule has 1 aliphatic heterocycles. The minimum atomic E-state index is -0.217. The molecule has 0 aromatic heterocycles.